The molecule has 2 N–H and O–H groups in total. The van der Waals surface area contributed by atoms with Gasteiger partial charge in [-0.25, -0.2) is 0 Å². The van der Waals surface area contributed by atoms with Crippen molar-refractivity contribution in [1.29, 1.82) is 0 Å². The highest BCUT2D eigenvalue weighted by Crippen LogP contribution is 2.41. The standard InChI is InChI=1S/C15H14Br2N2O2S/c1-21-14-8(5-7(16)6-9(14)17)13-12-10(18-15(22)19-13)3-2-4-11(12)20/h5-6,13H,2-4H2,1H3,(H2,18,19,22). The number of methoxy groups -OCH3 is 1. The van der Waals surface area contributed by atoms with Crippen LogP contribution in [-0.4, -0.2) is 18.0 Å². The highest BCUT2D eigenvalue weighted by molar-refractivity contribution is 9.11. The van der Waals surface area contributed by atoms with E-state index >= 15 is 0 Å². The molecule has 0 radical (unpaired) electrons. The van der Waals surface area contributed by atoms with Crippen molar-refractivity contribution in [3.8, 4) is 5.75 Å². The van der Waals surface area contributed by atoms with Gasteiger partial charge in [-0.2, -0.15) is 0 Å². The predicted octanol–water partition coefficient (Wildman–Crippen LogP) is 3.75. The lowest BCUT2D eigenvalue weighted by Crippen LogP contribution is -2.46. The number of halogens is 2. The van der Waals surface area contributed by atoms with E-state index in [1.54, 1.807) is 7.11 Å². The van der Waals surface area contributed by atoms with Crippen LogP contribution < -0.4 is 15.4 Å². The summed E-state index contributed by atoms with van der Waals surface area (Å²) in [7, 11) is 1.62. The molecule has 1 atom stereocenters. The van der Waals surface area contributed by atoms with Gasteiger partial charge in [-0.1, -0.05) is 15.9 Å². The Balaban J connectivity index is 2.18. The molecule has 0 fully saturated rings. The van der Waals surface area contributed by atoms with Crippen LogP contribution in [0.4, 0.5) is 0 Å². The number of nitrogens with one attached hydrogen (secondary N) is 2. The number of ketones is 1. The van der Waals surface area contributed by atoms with Crippen molar-refractivity contribution in [3.63, 3.8) is 0 Å². The number of carbonyl (C=O) groups is 1. The quantitative estimate of drug-likeness (QED) is 0.679. The van der Waals surface area contributed by atoms with E-state index < -0.39 is 0 Å². The van der Waals surface area contributed by atoms with E-state index in [-0.39, 0.29) is 11.8 Å². The maximum absolute atomic E-state index is 12.4. The second-order valence-corrected chi connectivity index (χ2v) is 7.39. The molecule has 1 heterocycles. The average Bonchev–Trinajstić information content (AvgIpc) is 2.45. The number of carbonyl (C=O) groups excluding carboxylic acids is 1. The summed E-state index contributed by atoms with van der Waals surface area (Å²) in [5.74, 6) is 0.863. The molecule has 1 aliphatic heterocycles. The Bertz CT molecular complexity index is 703. The second-order valence-electron chi connectivity index (χ2n) is 5.21. The summed E-state index contributed by atoms with van der Waals surface area (Å²) >= 11 is 12.3. The molecule has 116 valence electrons. The molecule has 3 rings (SSSR count). The molecule has 0 spiro atoms. The third kappa shape index (κ3) is 2.81. The smallest absolute Gasteiger partial charge is 0.171 e. The first-order chi connectivity index (χ1) is 10.5. The van der Waals surface area contributed by atoms with E-state index in [0.29, 0.717) is 17.3 Å². The molecular weight excluding hydrogens is 432 g/mol. The van der Waals surface area contributed by atoms with Gasteiger partial charge in [-0.15, -0.1) is 0 Å². The van der Waals surface area contributed by atoms with E-state index in [1.165, 1.54) is 0 Å². The number of hydrogen-bond donors (Lipinski definition) is 2. The molecule has 22 heavy (non-hydrogen) atoms. The van der Waals surface area contributed by atoms with Gasteiger partial charge in [-0.3, -0.25) is 4.79 Å². The highest BCUT2D eigenvalue weighted by Gasteiger charge is 2.35. The lowest BCUT2D eigenvalue weighted by Gasteiger charge is -2.34. The molecule has 1 aromatic rings. The van der Waals surface area contributed by atoms with Crippen LogP contribution in [-0.2, 0) is 4.79 Å². The summed E-state index contributed by atoms with van der Waals surface area (Å²) in [6.45, 7) is 0. The van der Waals surface area contributed by atoms with E-state index in [9.17, 15) is 4.79 Å². The molecule has 4 nitrogen and oxygen atoms in total. The van der Waals surface area contributed by atoms with Crippen molar-refractivity contribution in [2.45, 2.75) is 25.3 Å². The Labute approximate surface area is 150 Å². The lowest BCUT2D eigenvalue weighted by molar-refractivity contribution is -0.116. The summed E-state index contributed by atoms with van der Waals surface area (Å²) in [5, 5.41) is 6.88. The van der Waals surface area contributed by atoms with Crippen LogP contribution in [0.15, 0.2) is 32.3 Å². The first-order valence-electron chi connectivity index (χ1n) is 6.88. The van der Waals surface area contributed by atoms with Gasteiger partial charge >= 0.3 is 0 Å². The third-order valence-corrected chi connectivity index (χ3v) is 5.10. The molecule has 0 saturated carbocycles. The minimum atomic E-state index is -0.291. The van der Waals surface area contributed by atoms with Gasteiger partial charge in [0.2, 0.25) is 0 Å². The van der Waals surface area contributed by atoms with E-state index in [2.05, 4.69) is 42.5 Å². The number of hydrogen-bond acceptors (Lipinski definition) is 3. The molecule has 1 aliphatic carbocycles. The van der Waals surface area contributed by atoms with Gasteiger partial charge in [-0.05, 0) is 53.1 Å². The average molecular weight is 446 g/mol. The van der Waals surface area contributed by atoms with E-state index in [0.717, 1.165) is 38.6 Å². The van der Waals surface area contributed by atoms with Crippen LogP contribution in [0.1, 0.15) is 30.9 Å². The van der Waals surface area contributed by atoms with E-state index in [1.807, 2.05) is 12.1 Å². The van der Waals surface area contributed by atoms with E-state index in [4.69, 9.17) is 17.0 Å². The maximum Gasteiger partial charge on any atom is 0.171 e. The van der Waals surface area contributed by atoms with Crippen LogP contribution in [0.5, 0.6) is 5.75 Å². The van der Waals surface area contributed by atoms with Crippen LogP contribution >= 0.6 is 44.1 Å². The molecule has 1 unspecified atom stereocenters. The second kappa shape index (κ2) is 6.29. The zero-order valence-electron chi connectivity index (χ0n) is 11.8. The molecule has 0 amide bonds. The predicted molar refractivity (Wildman–Crippen MR) is 95.9 cm³/mol. The van der Waals surface area contributed by atoms with Crippen molar-refractivity contribution in [2.24, 2.45) is 0 Å². The molecule has 7 heteroatoms. The van der Waals surface area contributed by atoms with Gasteiger partial charge < -0.3 is 15.4 Å². The SMILES string of the molecule is COc1c(Br)cc(Br)cc1C1NC(=S)NC2=C1C(=O)CCC2. The highest BCUT2D eigenvalue weighted by atomic mass is 79.9. The van der Waals surface area contributed by atoms with Crippen molar-refractivity contribution < 1.29 is 9.53 Å². The van der Waals surface area contributed by atoms with Crippen LogP contribution in [0, 0.1) is 0 Å². The Kier molecular flexibility index (Phi) is 4.56. The number of thiocarbonyl (C=S) groups is 1. The lowest BCUT2D eigenvalue weighted by atomic mass is 9.85. The number of Topliss-reactive ketones (excluding diaryl/α,β-unsaturated/α-hetero) is 1. The van der Waals surface area contributed by atoms with Crippen LogP contribution in [0.25, 0.3) is 0 Å². The third-order valence-electron chi connectivity index (χ3n) is 3.84. The van der Waals surface area contributed by atoms with Crippen molar-refractivity contribution in [1.82, 2.24) is 10.6 Å². The molecule has 2 aliphatic rings. The zero-order chi connectivity index (χ0) is 15.9. The number of benzene rings is 1. The van der Waals surface area contributed by atoms with Gasteiger partial charge in [0.1, 0.15) is 5.75 Å². The molecular formula is C15H14Br2N2O2S. The zero-order valence-corrected chi connectivity index (χ0v) is 15.8. The Morgan fingerprint density at radius 3 is 2.82 bits per heavy atom. The fourth-order valence-electron chi connectivity index (χ4n) is 2.95. The monoisotopic (exact) mass is 444 g/mol. The van der Waals surface area contributed by atoms with Gasteiger partial charge in [0.25, 0.3) is 0 Å². The number of allylic oxidation sites excluding steroid dienone is 1. The van der Waals surface area contributed by atoms with Gasteiger partial charge in [0.15, 0.2) is 10.9 Å². The first kappa shape index (κ1) is 16.0. The first-order valence-corrected chi connectivity index (χ1v) is 8.87. The Hall–Kier alpha value is -0.920. The fraction of sp³-hybridized carbons (Fsp3) is 0.333. The number of rotatable bonds is 2. The summed E-state index contributed by atoms with van der Waals surface area (Å²) in [6, 6.07) is 3.59. The maximum atomic E-state index is 12.4. The molecule has 0 aromatic heterocycles. The molecule has 0 bridgehead atoms. The normalized spacial score (nSPS) is 21.1. The van der Waals surface area contributed by atoms with Crippen LogP contribution in [0.3, 0.4) is 0 Å². The van der Waals surface area contributed by atoms with Crippen molar-refractivity contribution in [3.05, 3.63) is 37.9 Å². The summed E-state index contributed by atoms with van der Waals surface area (Å²) in [4.78, 5) is 12.4. The minimum Gasteiger partial charge on any atom is -0.495 e. The Morgan fingerprint density at radius 2 is 2.09 bits per heavy atom. The molecule has 0 saturated heterocycles. The summed E-state index contributed by atoms with van der Waals surface area (Å²) in [6.07, 6.45) is 2.28. The van der Waals surface area contributed by atoms with Crippen LogP contribution in [0.2, 0.25) is 0 Å². The minimum absolute atomic E-state index is 0.159. The summed E-state index contributed by atoms with van der Waals surface area (Å²) < 4.78 is 7.27. The summed E-state index contributed by atoms with van der Waals surface area (Å²) in [5.41, 5.74) is 2.58. The Morgan fingerprint density at radius 1 is 1.32 bits per heavy atom. The van der Waals surface area contributed by atoms with Gasteiger partial charge in [0.05, 0.1) is 17.6 Å². The molecule has 1 aromatic carbocycles. The topological polar surface area (TPSA) is 50.4 Å². The largest absolute Gasteiger partial charge is 0.495 e. The fourth-order valence-corrected chi connectivity index (χ4v) is 4.61. The van der Waals surface area contributed by atoms with Crippen molar-refractivity contribution >= 4 is 55.0 Å². The van der Waals surface area contributed by atoms with Crippen molar-refractivity contribution in [2.75, 3.05) is 7.11 Å². The van der Waals surface area contributed by atoms with Gasteiger partial charge in [0, 0.05) is 27.7 Å². The number of ether oxygens (including phenoxy) is 1.